The molecule has 18 heavy (non-hydrogen) atoms. The van der Waals surface area contributed by atoms with Crippen molar-refractivity contribution in [2.45, 2.75) is 13.5 Å². The molecule has 0 atom stereocenters. The third-order valence-electron chi connectivity index (χ3n) is 3.16. The van der Waals surface area contributed by atoms with Crippen LogP contribution in [0.2, 0.25) is 0 Å². The Labute approximate surface area is 105 Å². The van der Waals surface area contributed by atoms with Crippen LogP contribution in [0, 0.1) is 6.92 Å². The van der Waals surface area contributed by atoms with Crippen molar-refractivity contribution in [3.05, 3.63) is 59.9 Å². The smallest absolute Gasteiger partial charge is 0.100 e. The monoisotopic (exact) mass is 238 g/mol. The molecule has 0 saturated carbocycles. The number of hydrogen-bond acceptors (Lipinski definition) is 2. The van der Waals surface area contributed by atoms with Gasteiger partial charge in [0.05, 0.1) is 23.3 Å². The Kier molecular flexibility index (Phi) is 2.61. The molecule has 0 saturated heterocycles. The lowest BCUT2D eigenvalue weighted by atomic mass is 10.1. The largest absolute Gasteiger partial charge is 0.392 e. The number of imidazole rings is 1. The molecule has 2 aromatic carbocycles. The molecule has 0 aliphatic rings. The van der Waals surface area contributed by atoms with E-state index in [9.17, 15) is 0 Å². The van der Waals surface area contributed by atoms with Gasteiger partial charge in [-0.1, -0.05) is 24.3 Å². The Balaban J connectivity index is 2.20. The van der Waals surface area contributed by atoms with E-state index in [-0.39, 0.29) is 6.61 Å². The summed E-state index contributed by atoms with van der Waals surface area (Å²) in [5.74, 6) is 0. The van der Waals surface area contributed by atoms with E-state index in [1.807, 2.05) is 49.6 Å². The van der Waals surface area contributed by atoms with Crippen molar-refractivity contribution in [3.8, 4) is 5.69 Å². The number of fused-ring (bicyclic) bond motifs is 1. The SMILES string of the molecule is Cc1cc(CO)ccc1-n1cnc2ccccc21. The molecule has 3 rings (SSSR count). The van der Waals surface area contributed by atoms with Crippen LogP contribution in [-0.2, 0) is 6.61 Å². The highest BCUT2D eigenvalue weighted by molar-refractivity contribution is 5.77. The highest BCUT2D eigenvalue weighted by atomic mass is 16.3. The molecule has 90 valence electrons. The molecule has 1 N–H and O–H groups in total. The summed E-state index contributed by atoms with van der Waals surface area (Å²) >= 11 is 0. The zero-order valence-corrected chi connectivity index (χ0v) is 10.2. The summed E-state index contributed by atoms with van der Waals surface area (Å²) in [4.78, 5) is 4.39. The summed E-state index contributed by atoms with van der Waals surface area (Å²) < 4.78 is 2.08. The molecule has 1 aromatic heterocycles. The Hall–Kier alpha value is -2.13. The van der Waals surface area contributed by atoms with Gasteiger partial charge in [-0.05, 0) is 36.2 Å². The van der Waals surface area contributed by atoms with Crippen molar-refractivity contribution in [3.63, 3.8) is 0 Å². The number of rotatable bonds is 2. The maximum atomic E-state index is 9.14. The van der Waals surface area contributed by atoms with Crippen LogP contribution in [0.15, 0.2) is 48.8 Å². The Morgan fingerprint density at radius 2 is 2.00 bits per heavy atom. The molecule has 0 bridgehead atoms. The van der Waals surface area contributed by atoms with Gasteiger partial charge in [0, 0.05) is 0 Å². The molecule has 0 amide bonds. The van der Waals surface area contributed by atoms with E-state index < -0.39 is 0 Å². The fraction of sp³-hybridized carbons (Fsp3) is 0.133. The van der Waals surface area contributed by atoms with Gasteiger partial charge in [0.1, 0.15) is 6.33 Å². The zero-order valence-electron chi connectivity index (χ0n) is 10.2. The third-order valence-corrected chi connectivity index (χ3v) is 3.16. The molecule has 0 aliphatic carbocycles. The lowest BCUT2D eigenvalue weighted by molar-refractivity contribution is 0.282. The first-order chi connectivity index (χ1) is 8.79. The minimum Gasteiger partial charge on any atom is -0.392 e. The molecule has 3 nitrogen and oxygen atoms in total. The van der Waals surface area contributed by atoms with E-state index in [0.29, 0.717) is 0 Å². The van der Waals surface area contributed by atoms with Gasteiger partial charge in [-0.25, -0.2) is 4.98 Å². The number of hydrogen-bond donors (Lipinski definition) is 1. The van der Waals surface area contributed by atoms with Crippen LogP contribution in [0.3, 0.4) is 0 Å². The van der Waals surface area contributed by atoms with E-state index in [2.05, 4.69) is 15.6 Å². The predicted octanol–water partition coefficient (Wildman–Crippen LogP) is 2.83. The van der Waals surface area contributed by atoms with Crippen LogP contribution in [0.25, 0.3) is 16.7 Å². The molecule has 0 radical (unpaired) electrons. The number of aromatic nitrogens is 2. The Morgan fingerprint density at radius 1 is 1.17 bits per heavy atom. The molecule has 3 heteroatoms. The van der Waals surface area contributed by atoms with E-state index in [1.165, 1.54) is 0 Å². The lowest BCUT2D eigenvalue weighted by Crippen LogP contribution is -1.96. The summed E-state index contributed by atoms with van der Waals surface area (Å²) in [6.07, 6.45) is 1.84. The predicted molar refractivity (Wildman–Crippen MR) is 71.7 cm³/mol. The van der Waals surface area contributed by atoms with Crippen molar-refractivity contribution < 1.29 is 5.11 Å². The lowest BCUT2D eigenvalue weighted by Gasteiger charge is -2.09. The summed E-state index contributed by atoms with van der Waals surface area (Å²) in [5, 5.41) is 9.14. The summed E-state index contributed by atoms with van der Waals surface area (Å²) in [6.45, 7) is 2.12. The second kappa shape index (κ2) is 4.27. The Bertz CT molecular complexity index is 701. The number of aryl methyl sites for hydroxylation is 1. The highest BCUT2D eigenvalue weighted by Crippen LogP contribution is 2.21. The first-order valence-corrected chi connectivity index (χ1v) is 5.92. The molecular formula is C15H14N2O. The third kappa shape index (κ3) is 1.69. The van der Waals surface area contributed by atoms with Crippen molar-refractivity contribution >= 4 is 11.0 Å². The summed E-state index contributed by atoms with van der Waals surface area (Å²) in [5.41, 5.74) is 5.24. The van der Waals surface area contributed by atoms with E-state index >= 15 is 0 Å². The molecule has 1 heterocycles. The van der Waals surface area contributed by atoms with Crippen molar-refractivity contribution in [1.29, 1.82) is 0 Å². The minimum absolute atomic E-state index is 0.0752. The normalized spacial score (nSPS) is 11.0. The van der Waals surface area contributed by atoms with E-state index in [1.54, 1.807) is 0 Å². The summed E-state index contributed by atoms with van der Waals surface area (Å²) in [7, 11) is 0. The van der Waals surface area contributed by atoms with Gasteiger partial charge in [0.2, 0.25) is 0 Å². The average Bonchev–Trinajstić information content (AvgIpc) is 2.82. The standard InChI is InChI=1S/C15H14N2O/c1-11-8-12(9-18)6-7-14(11)17-10-16-13-4-2-3-5-15(13)17/h2-8,10,18H,9H2,1H3. The fourth-order valence-corrected chi connectivity index (χ4v) is 2.24. The topological polar surface area (TPSA) is 38.0 Å². The molecule has 0 aliphatic heterocycles. The van der Waals surface area contributed by atoms with Crippen LogP contribution in [0.5, 0.6) is 0 Å². The van der Waals surface area contributed by atoms with Gasteiger partial charge in [0.25, 0.3) is 0 Å². The second-order valence-electron chi connectivity index (χ2n) is 4.38. The maximum absolute atomic E-state index is 9.14. The van der Waals surface area contributed by atoms with Crippen molar-refractivity contribution in [1.82, 2.24) is 9.55 Å². The zero-order chi connectivity index (χ0) is 12.5. The number of nitrogens with zero attached hydrogens (tertiary/aromatic N) is 2. The number of aliphatic hydroxyl groups excluding tert-OH is 1. The highest BCUT2D eigenvalue weighted by Gasteiger charge is 2.06. The van der Waals surface area contributed by atoms with Gasteiger partial charge < -0.3 is 5.11 Å². The van der Waals surface area contributed by atoms with Gasteiger partial charge in [0.15, 0.2) is 0 Å². The first-order valence-electron chi connectivity index (χ1n) is 5.92. The minimum atomic E-state index is 0.0752. The van der Waals surface area contributed by atoms with Gasteiger partial charge in [-0.15, -0.1) is 0 Å². The van der Waals surface area contributed by atoms with E-state index in [4.69, 9.17) is 5.11 Å². The number of benzene rings is 2. The van der Waals surface area contributed by atoms with E-state index in [0.717, 1.165) is 27.8 Å². The first kappa shape index (κ1) is 11.0. The van der Waals surface area contributed by atoms with Crippen LogP contribution in [0.1, 0.15) is 11.1 Å². The van der Waals surface area contributed by atoms with Gasteiger partial charge >= 0.3 is 0 Å². The van der Waals surface area contributed by atoms with Gasteiger partial charge in [-0.3, -0.25) is 4.57 Å². The number of aliphatic hydroxyl groups is 1. The molecule has 3 aromatic rings. The average molecular weight is 238 g/mol. The second-order valence-corrected chi connectivity index (χ2v) is 4.38. The maximum Gasteiger partial charge on any atom is 0.100 e. The van der Waals surface area contributed by atoms with Crippen molar-refractivity contribution in [2.24, 2.45) is 0 Å². The molecular weight excluding hydrogens is 224 g/mol. The fourth-order valence-electron chi connectivity index (χ4n) is 2.24. The van der Waals surface area contributed by atoms with Gasteiger partial charge in [-0.2, -0.15) is 0 Å². The van der Waals surface area contributed by atoms with Crippen LogP contribution in [-0.4, -0.2) is 14.7 Å². The number of para-hydroxylation sites is 2. The molecule has 0 spiro atoms. The van der Waals surface area contributed by atoms with Crippen LogP contribution in [0.4, 0.5) is 0 Å². The quantitative estimate of drug-likeness (QED) is 0.745. The van der Waals surface area contributed by atoms with Crippen molar-refractivity contribution in [2.75, 3.05) is 0 Å². The molecule has 0 fully saturated rings. The molecule has 0 unspecified atom stereocenters. The van der Waals surface area contributed by atoms with Crippen LogP contribution < -0.4 is 0 Å². The summed E-state index contributed by atoms with van der Waals surface area (Å²) in [6, 6.07) is 14.0. The Morgan fingerprint density at radius 3 is 2.78 bits per heavy atom. The van der Waals surface area contributed by atoms with Crippen LogP contribution >= 0.6 is 0 Å².